The van der Waals surface area contributed by atoms with Gasteiger partial charge in [0.15, 0.2) is 0 Å². The molecule has 0 saturated carbocycles. The van der Waals surface area contributed by atoms with Crippen LogP contribution >= 0.6 is 11.6 Å². The van der Waals surface area contributed by atoms with Crippen LogP contribution in [0.4, 0.5) is 0 Å². The number of halogens is 1. The van der Waals surface area contributed by atoms with Crippen LogP contribution in [0.1, 0.15) is 52.7 Å². The molecule has 0 aliphatic carbocycles. The van der Waals surface area contributed by atoms with Crippen molar-refractivity contribution in [1.29, 1.82) is 0 Å². The van der Waals surface area contributed by atoms with E-state index in [0.29, 0.717) is 11.9 Å². The Hall–Kier alpha value is -4.22. The van der Waals surface area contributed by atoms with E-state index >= 15 is 0 Å². The van der Waals surface area contributed by atoms with E-state index < -0.39 is 0 Å². The predicted octanol–water partition coefficient (Wildman–Crippen LogP) is 9.31. The molecule has 0 aliphatic heterocycles. The molecule has 3 aromatic heterocycles. The highest BCUT2D eigenvalue weighted by Crippen LogP contribution is 2.37. The van der Waals surface area contributed by atoms with Gasteiger partial charge in [0.25, 0.3) is 0 Å². The maximum absolute atomic E-state index is 6.67. The van der Waals surface area contributed by atoms with E-state index in [1.54, 1.807) is 0 Å². The summed E-state index contributed by atoms with van der Waals surface area (Å²) in [6.45, 7) is 13.5. The van der Waals surface area contributed by atoms with Crippen molar-refractivity contribution in [3.63, 3.8) is 0 Å². The van der Waals surface area contributed by atoms with Crippen LogP contribution in [0.5, 0.6) is 0 Å². The van der Waals surface area contributed by atoms with Crippen LogP contribution in [0, 0.1) is 0 Å². The van der Waals surface area contributed by atoms with E-state index in [1.807, 2.05) is 12.1 Å². The average molecular weight is 558 g/mol. The molecule has 0 aliphatic rings. The second-order valence-corrected chi connectivity index (χ2v) is 13.2. The minimum atomic E-state index is 0.0183. The Morgan fingerprint density at radius 1 is 0.488 bits per heavy atom. The molecule has 0 atom stereocenters. The van der Waals surface area contributed by atoms with E-state index in [2.05, 4.69) is 133 Å². The van der Waals surface area contributed by atoms with Gasteiger partial charge in [0, 0.05) is 21.5 Å². The highest BCUT2D eigenvalue weighted by Gasteiger charge is 2.23. The SMILES string of the molecule is CC(C)(C)c1ccc2c(c1)c1cc(C(C)(C)C)ccc1n2-c1nc(Cl)nc(-n2c3ccccc3c3ccccc32)n1. The summed E-state index contributed by atoms with van der Waals surface area (Å²) in [5.41, 5.74) is 6.72. The second kappa shape index (κ2) is 8.89. The number of nitrogens with zero attached hydrogens (tertiary/aromatic N) is 5. The zero-order valence-electron chi connectivity index (χ0n) is 24.2. The first-order valence-corrected chi connectivity index (χ1v) is 14.4. The molecule has 0 saturated heterocycles. The Bertz CT molecular complexity index is 2010. The van der Waals surface area contributed by atoms with Gasteiger partial charge in [-0.15, -0.1) is 0 Å². The molecule has 5 nitrogen and oxygen atoms in total. The Morgan fingerprint density at radius 2 is 0.878 bits per heavy atom. The van der Waals surface area contributed by atoms with Gasteiger partial charge in [0.2, 0.25) is 17.2 Å². The highest BCUT2D eigenvalue weighted by molar-refractivity contribution is 6.28. The molecule has 41 heavy (non-hydrogen) atoms. The van der Waals surface area contributed by atoms with Crippen molar-refractivity contribution in [2.24, 2.45) is 0 Å². The maximum atomic E-state index is 6.67. The topological polar surface area (TPSA) is 48.5 Å². The number of hydrogen-bond donors (Lipinski definition) is 0. The minimum absolute atomic E-state index is 0.0183. The predicted molar refractivity (Wildman–Crippen MR) is 171 cm³/mol. The summed E-state index contributed by atoms with van der Waals surface area (Å²) in [6.07, 6.45) is 0. The van der Waals surface area contributed by atoms with Gasteiger partial charge in [0.1, 0.15) is 0 Å². The molecule has 0 N–H and O–H groups in total. The van der Waals surface area contributed by atoms with E-state index in [0.717, 1.165) is 32.8 Å². The smallest absolute Gasteiger partial charge is 0.240 e. The largest absolute Gasteiger partial charge is 0.278 e. The minimum Gasteiger partial charge on any atom is -0.278 e. The third-order valence-corrected chi connectivity index (χ3v) is 8.23. The first-order valence-electron chi connectivity index (χ1n) is 14.0. The molecule has 0 fully saturated rings. The van der Waals surface area contributed by atoms with Gasteiger partial charge in [-0.2, -0.15) is 15.0 Å². The summed E-state index contributed by atoms with van der Waals surface area (Å²) in [5, 5.41) is 4.78. The second-order valence-electron chi connectivity index (χ2n) is 12.9. The van der Waals surface area contributed by atoms with Gasteiger partial charge in [-0.25, -0.2) is 0 Å². The average Bonchev–Trinajstić information content (AvgIpc) is 3.44. The molecule has 6 heteroatoms. The summed E-state index contributed by atoms with van der Waals surface area (Å²) >= 11 is 6.67. The quantitative estimate of drug-likeness (QED) is 0.213. The lowest BCUT2D eigenvalue weighted by Crippen LogP contribution is -2.11. The molecule has 0 unspecified atom stereocenters. The summed E-state index contributed by atoms with van der Waals surface area (Å²) in [7, 11) is 0. The number of aromatic nitrogens is 5. The zero-order valence-corrected chi connectivity index (χ0v) is 25.0. The molecule has 7 rings (SSSR count). The molecule has 3 heterocycles. The van der Waals surface area contributed by atoms with Crippen molar-refractivity contribution >= 4 is 55.2 Å². The van der Waals surface area contributed by atoms with Crippen molar-refractivity contribution in [3.05, 3.63) is 101 Å². The van der Waals surface area contributed by atoms with E-state index in [4.69, 9.17) is 16.6 Å². The first kappa shape index (κ1) is 25.7. The van der Waals surface area contributed by atoms with Gasteiger partial charge < -0.3 is 0 Å². The van der Waals surface area contributed by atoms with Crippen LogP contribution in [0.15, 0.2) is 84.9 Å². The Balaban J connectivity index is 1.55. The van der Waals surface area contributed by atoms with Crippen molar-refractivity contribution in [2.45, 2.75) is 52.4 Å². The lowest BCUT2D eigenvalue weighted by molar-refractivity contribution is 0.590. The molecule has 204 valence electrons. The fourth-order valence-electron chi connectivity index (χ4n) is 5.84. The molecular weight excluding hydrogens is 526 g/mol. The zero-order chi connectivity index (χ0) is 28.7. The molecule has 0 bridgehead atoms. The Kier molecular flexibility index (Phi) is 5.58. The monoisotopic (exact) mass is 557 g/mol. The summed E-state index contributed by atoms with van der Waals surface area (Å²) < 4.78 is 4.19. The fourth-order valence-corrected chi connectivity index (χ4v) is 5.99. The van der Waals surface area contributed by atoms with E-state index in [-0.39, 0.29) is 16.1 Å². The van der Waals surface area contributed by atoms with Crippen molar-refractivity contribution in [3.8, 4) is 11.9 Å². The number of benzene rings is 4. The van der Waals surface area contributed by atoms with Crippen molar-refractivity contribution in [2.75, 3.05) is 0 Å². The van der Waals surface area contributed by atoms with E-state index in [9.17, 15) is 0 Å². The molecule has 7 aromatic rings. The van der Waals surface area contributed by atoms with Gasteiger partial charge in [-0.3, -0.25) is 9.13 Å². The van der Waals surface area contributed by atoms with Crippen LogP contribution in [0.2, 0.25) is 5.28 Å². The summed E-state index contributed by atoms with van der Waals surface area (Å²) in [6, 6.07) is 30.0. The highest BCUT2D eigenvalue weighted by atomic mass is 35.5. The Morgan fingerprint density at radius 3 is 1.29 bits per heavy atom. The first-order chi connectivity index (χ1) is 19.5. The van der Waals surface area contributed by atoms with Crippen LogP contribution in [0.3, 0.4) is 0 Å². The van der Waals surface area contributed by atoms with Crippen LogP contribution in [-0.4, -0.2) is 24.1 Å². The number of hydrogen-bond acceptors (Lipinski definition) is 3. The molecule has 0 radical (unpaired) electrons. The van der Waals surface area contributed by atoms with Crippen LogP contribution < -0.4 is 0 Å². The number of rotatable bonds is 2. The standard InChI is InChI=1S/C35H32ClN5/c1-34(2,3)21-15-17-29-25(19-21)26-20-22(35(4,5)6)16-18-30(26)41(29)33-38-31(36)37-32(39-33)40-27-13-9-7-11-23(27)24-12-8-10-14-28(24)40/h7-20H,1-6H3. The summed E-state index contributed by atoms with van der Waals surface area (Å²) in [4.78, 5) is 14.4. The van der Waals surface area contributed by atoms with Gasteiger partial charge in [-0.1, -0.05) is 90.1 Å². The van der Waals surface area contributed by atoms with Crippen molar-refractivity contribution < 1.29 is 0 Å². The molecule has 4 aromatic carbocycles. The summed E-state index contributed by atoms with van der Waals surface area (Å²) in [5.74, 6) is 0.985. The van der Waals surface area contributed by atoms with Gasteiger partial charge >= 0.3 is 0 Å². The fraction of sp³-hybridized carbons (Fsp3) is 0.229. The van der Waals surface area contributed by atoms with E-state index in [1.165, 1.54) is 21.9 Å². The lowest BCUT2D eigenvalue weighted by Gasteiger charge is -2.19. The number of para-hydroxylation sites is 2. The van der Waals surface area contributed by atoms with Crippen molar-refractivity contribution in [1.82, 2.24) is 24.1 Å². The molecular formula is C35H32ClN5. The van der Waals surface area contributed by atoms with Crippen LogP contribution in [-0.2, 0) is 10.8 Å². The molecule has 0 amide bonds. The van der Waals surface area contributed by atoms with Gasteiger partial charge in [-0.05, 0) is 70.0 Å². The van der Waals surface area contributed by atoms with Crippen LogP contribution in [0.25, 0.3) is 55.5 Å². The maximum Gasteiger partial charge on any atom is 0.240 e. The normalized spacial score (nSPS) is 12.8. The molecule has 0 spiro atoms. The lowest BCUT2D eigenvalue weighted by atomic mass is 9.85. The number of fused-ring (bicyclic) bond motifs is 6. The third-order valence-electron chi connectivity index (χ3n) is 8.06. The van der Waals surface area contributed by atoms with Gasteiger partial charge in [0.05, 0.1) is 22.1 Å². The third kappa shape index (κ3) is 4.10. The Labute approximate surface area is 244 Å².